The molecule has 0 spiro atoms. The summed E-state index contributed by atoms with van der Waals surface area (Å²) in [5.74, 6) is 0.612. The molecule has 27 heavy (non-hydrogen) atoms. The van der Waals surface area contributed by atoms with Crippen LogP contribution in [0, 0.1) is 5.21 Å². The maximum absolute atomic E-state index is 10.5. The van der Waals surface area contributed by atoms with Crippen molar-refractivity contribution in [3.8, 4) is 0 Å². The summed E-state index contributed by atoms with van der Waals surface area (Å²) >= 11 is 0. The summed E-state index contributed by atoms with van der Waals surface area (Å²) in [6.45, 7) is -0.426. The summed E-state index contributed by atoms with van der Waals surface area (Å²) in [4.78, 5) is 17.2. The molecule has 1 aliphatic heterocycles. The Kier molecular flexibility index (Phi) is 5.19. The molecule has 2 aromatic rings. The standard InChI is InChI=1S/C15H21N6O6/c22-11-9(5-26-21(24)25)27-15(12(11)23)20-7-18-10-13(16-6-17-14(10)20)19-8-3-1-2-4-8/h6-9,11-12,15,22-24H,1-5H2,(H,16,17,19)/q-1. The minimum absolute atomic E-state index is 0.346. The third-order valence-electron chi connectivity index (χ3n) is 5.02. The lowest BCUT2D eigenvalue weighted by Crippen LogP contribution is -2.35. The van der Waals surface area contributed by atoms with E-state index in [4.69, 9.17) is 9.94 Å². The maximum Gasteiger partial charge on any atom is 0.167 e. The Morgan fingerprint density at radius 2 is 2.04 bits per heavy atom. The molecule has 2 fully saturated rings. The van der Waals surface area contributed by atoms with Gasteiger partial charge in [0.05, 0.1) is 12.9 Å². The van der Waals surface area contributed by atoms with Gasteiger partial charge in [0.2, 0.25) is 0 Å². The lowest BCUT2D eigenvalue weighted by molar-refractivity contribution is -0.316. The van der Waals surface area contributed by atoms with Crippen molar-refractivity contribution in [2.75, 3.05) is 11.9 Å². The van der Waals surface area contributed by atoms with Gasteiger partial charge >= 0.3 is 0 Å². The Labute approximate surface area is 153 Å². The van der Waals surface area contributed by atoms with Gasteiger partial charge in [0.15, 0.2) is 23.2 Å². The summed E-state index contributed by atoms with van der Waals surface area (Å²) in [6.07, 6.45) is 2.76. The molecule has 0 bridgehead atoms. The lowest BCUT2D eigenvalue weighted by Gasteiger charge is -2.21. The summed E-state index contributed by atoms with van der Waals surface area (Å²) in [7, 11) is 0. The van der Waals surface area contributed by atoms with Crippen LogP contribution in [0.15, 0.2) is 12.7 Å². The third kappa shape index (κ3) is 3.60. The fraction of sp³-hybridized carbons (Fsp3) is 0.667. The highest BCUT2D eigenvalue weighted by Crippen LogP contribution is 2.33. The van der Waals surface area contributed by atoms with E-state index >= 15 is 0 Å². The van der Waals surface area contributed by atoms with Crippen LogP contribution in [0.3, 0.4) is 0 Å². The zero-order valence-electron chi connectivity index (χ0n) is 14.4. The van der Waals surface area contributed by atoms with Gasteiger partial charge in [-0.1, -0.05) is 12.8 Å². The molecule has 0 radical (unpaired) electrons. The van der Waals surface area contributed by atoms with Crippen LogP contribution < -0.4 is 5.32 Å². The Bertz CT molecular complexity index is 781. The molecule has 4 atom stereocenters. The molecule has 4 unspecified atom stereocenters. The first-order valence-electron chi connectivity index (χ1n) is 8.79. The van der Waals surface area contributed by atoms with Gasteiger partial charge in [-0.25, -0.2) is 15.0 Å². The predicted octanol–water partition coefficient (Wildman–Crippen LogP) is -0.0794. The van der Waals surface area contributed by atoms with Crippen LogP contribution in [-0.4, -0.2) is 71.3 Å². The van der Waals surface area contributed by atoms with Crippen LogP contribution in [0.1, 0.15) is 31.9 Å². The Morgan fingerprint density at radius 3 is 2.78 bits per heavy atom. The number of anilines is 1. The molecule has 3 heterocycles. The minimum atomic E-state index is -1.31. The van der Waals surface area contributed by atoms with E-state index in [1.54, 1.807) is 0 Å². The van der Waals surface area contributed by atoms with E-state index in [1.807, 2.05) is 0 Å². The molecule has 12 nitrogen and oxygen atoms in total. The number of nitrogens with zero attached hydrogens (tertiary/aromatic N) is 5. The van der Waals surface area contributed by atoms with Crippen molar-refractivity contribution < 1.29 is 25.0 Å². The first kappa shape index (κ1) is 18.4. The summed E-state index contributed by atoms with van der Waals surface area (Å²) in [5, 5.41) is 42.1. The second-order valence-electron chi connectivity index (χ2n) is 6.75. The van der Waals surface area contributed by atoms with Crippen molar-refractivity contribution in [2.45, 2.75) is 56.3 Å². The van der Waals surface area contributed by atoms with Crippen LogP contribution in [0.2, 0.25) is 0 Å². The largest absolute Gasteiger partial charge is 0.738 e. The number of aliphatic hydroxyl groups is 2. The van der Waals surface area contributed by atoms with E-state index < -0.39 is 36.5 Å². The molecule has 4 N–H and O–H groups in total. The number of hydrogen-bond acceptors (Lipinski definition) is 11. The zero-order valence-corrected chi connectivity index (χ0v) is 14.4. The molecule has 1 saturated heterocycles. The first-order valence-corrected chi connectivity index (χ1v) is 8.79. The van der Waals surface area contributed by atoms with Gasteiger partial charge in [0.1, 0.15) is 24.6 Å². The quantitative estimate of drug-likeness (QED) is 0.495. The highest BCUT2D eigenvalue weighted by Gasteiger charge is 2.44. The van der Waals surface area contributed by atoms with Crippen molar-refractivity contribution >= 4 is 17.0 Å². The van der Waals surface area contributed by atoms with E-state index in [2.05, 4.69) is 25.1 Å². The average Bonchev–Trinajstić information content (AvgIpc) is 3.36. The molecular formula is C15H21N6O6-. The first-order chi connectivity index (χ1) is 13.0. The Balaban J connectivity index is 1.56. The summed E-state index contributed by atoms with van der Waals surface area (Å²) in [6, 6.07) is 0.346. The van der Waals surface area contributed by atoms with Crippen molar-refractivity contribution in [1.29, 1.82) is 0 Å². The molecule has 0 amide bonds. The molecule has 12 heteroatoms. The van der Waals surface area contributed by atoms with E-state index in [-0.39, 0.29) is 0 Å². The van der Waals surface area contributed by atoms with Crippen LogP contribution in [0.5, 0.6) is 0 Å². The van der Waals surface area contributed by atoms with E-state index in [9.17, 15) is 15.4 Å². The Morgan fingerprint density at radius 1 is 1.26 bits per heavy atom. The average molecular weight is 381 g/mol. The highest BCUT2D eigenvalue weighted by atomic mass is 17.1. The minimum Gasteiger partial charge on any atom is -0.738 e. The van der Waals surface area contributed by atoms with Gasteiger partial charge in [0, 0.05) is 6.04 Å². The van der Waals surface area contributed by atoms with Crippen molar-refractivity contribution in [1.82, 2.24) is 24.9 Å². The van der Waals surface area contributed by atoms with Crippen molar-refractivity contribution in [2.24, 2.45) is 0 Å². The second kappa shape index (κ2) is 7.59. The van der Waals surface area contributed by atoms with E-state index in [1.165, 1.54) is 30.1 Å². The highest BCUT2D eigenvalue weighted by molar-refractivity contribution is 5.82. The van der Waals surface area contributed by atoms with Crippen LogP contribution in [0.25, 0.3) is 11.2 Å². The van der Waals surface area contributed by atoms with Crippen LogP contribution in [-0.2, 0) is 9.57 Å². The summed E-state index contributed by atoms with van der Waals surface area (Å²) in [5.41, 5.74) is 0.978. The maximum atomic E-state index is 10.5. The molecule has 0 aromatic carbocycles. The van der Waals surface area contributed by atoms with Crippen molar-refractivity contribution in [3.05, 3.63) is 17.9 Å². The fourth-order valence-corrected chi connectivity index (χ4v) is 3.64. The normalized spacial score (nSPS) is 29.2. The SMILES string of the molecule is [O-]N(O)OCC1OC(n2cnc3c(NC4CCCC4)ncnc32)C(O)C1O. The number of rotatable bonds is 6. The van der Waals surface area contributed by atoms with Gasteiger partial charge in [-0.2, -0.15) is 0 Å². The molecular weight excluding hydrogens is 360 g/mol. The molecule has 1 saturated carbocycles. The Hall–Kier alpha value is -1.93. The molecule has 148 valence electrons. The van der Waals surface area contributed by atoms with E-state index in [0.29, 0.717) is 23.0 Å². The van der Waals surface area contributed by atoms with Gasteiger partial charge in [-0.3, -0.25) is 9.40 Å². The zero-order chi connectivity index (χ0) is 19.0. The van der Waals surface area contributed by atoms with Crippen molar-refractivity contribution in [3.63, 3.8) is 0 Å². The predicted molar refractivity (Wildman–Crippen MR) is 90.1 cm³/mol. The second-order valence-corrected chi connectivity index (χ2v) is 6.75. The smallest absolute Gasteiger partial charge is 0.167 e. The van der Waals surface area contributed by atoms with Crippen LogP contribution >= 0.6 is 0 Å². The number of fused-ring (bicyclic) bond motifs is 1. The fourth-order valence-electron chi connectivity index (χ4n) is 3.64. The number of ether oxygens (including phenoxy) is 1. The molecule has 2 aromatic heterocycles. The number of imidazole rings is 1. The van der Waals surface area contributed by atoms with Gasteiger partial charge in [-0.05, 0) is 12.8 Å². The summed E-state index contributed by atoms with van der Waals surface area (Å²) < 4.78 is 7.10. The number of nitrogens with one attached hydrogen (secondary N) is 1. The van der Waals surface area contributed by atoms with Gasteiger partial charge in [0.25, 0.3) is 0 Å². The third-order valence-corrected chi connectivity index (χ3v) is 5.02. The number of aromatic nitrogens is 4. The molecule has 2 aliphatic rings. The molecule has 4 rings (SSSR count). The monoisotopic (exact) mass is 381 g/mol. The van der Waals surface area contributed by atoms with E-state index in [0.717, 1.165) is 12.8 Å². The molecule has 1 aliphatic carbocycles. The van der Waals surface area contributed by atoms with Crippen LogP contribution in [0.4, 0.5) is 5.82 Å². The van der Waals surface area contributed by atoms with Gasteiger partial charge < -0.3 is 30.7 Å². The lowest BCUT2D eigenvalue weighted by atomic mass is 10.1. The topological polar surface area (TPSA) is 161 Å². The van der Waals surface area contributed by atoms with Gasteiger partial charge in [-0.15, -0.1) is 5.39 Å². The number of hydrogen-bond donors (Lipinski definition) is 4. The number of aliphatic hydroxyl groups excluding tert-OH is 2.